The van der Waals surface area contributed by atoms with Crippen LogP contribution in [0.3, 0.4) is 0 Å². The molecule has 8 nitrogen and oxygen atoms in total. The normalized spacial score (nSPS) is 12.6. The summed E-state index contributed by atoms with van der Waals surface area (Å²) in [6.45, 7) is -0.521. The molecule has 0 aliphatic rings. The summed E-state index contributed by atoms with van der Waals surface area (Å²) in [6, 6.07) is 1.34. The molecule has 0 spiro atoms. The summed E-state index contributed by atoms with van der Waals surface area (Å²) in [5.41, 5.74) is 7.33. The van der Waals surface area contributed by atoms with E-state index < -0.39 is 35.8 Å². The lowest BCUT2D eigenvalue weighted by atomic mass is 10.2. The number of nitrogens with one attached hydrogen (secondary N) is 1. The lowest BCUT2D eigenvalue weighted by molar-refractivity contribution is -0.123. The summed E-state index contributed by atoms with van der Waals surface area (Å²) < 4.78 is 0. The maximum Gasteiger partial charge on any atom is 0.259 e. The summed E-state index contributed by atoms with van der Waals surface area (Å²) in [5, 5.41) is 39.8. The fourth-order valence-corrected chi connectivity index (χ4v) is 1.02. The van der Waals surface area contributed by atoms with Crippen LogP contribution in [0.2, 0.25) is 0 Å². The Bertz CT molecular complexity index is 475. The van der Waals surface area contributed by atoms with Crippen molar-refractivity contribution in [1.29, 1.82) is 0 Å². The lowest BCUT2D eigenvalue weighted by Gasteiger charge is -2.05. The van der Waals surface area contributed by atoms with Crippen LogP contribution in [-0.4, -0.2) is 45.2 Å². The predicted octanol–water partition coefficient (Wildman–Crippen LogP) is -1.43. The number of hydrogen-bond acceptors (Lipinski definition) is 7. The monoisotopic (exact) mass is 255 g/mol. The molecule has 0 aliphatic heterocycles. The smallest absolute Gasteiger partial charge is 0.259 e. The first-order chi connectivity index (χ1) is 8.47. The Hall–Kier alpha value is -2.32. The third kappa shape index (κ3) is 3.09. The van der Waals surface area contributed by atoms with Crippen LogP contribution in [0, 0.1) is 0 Å². The molecule has 1 aromatic rings. The molecule has 1 atom stereocenters. The van der Waals surface area contributed by atoms with Gasteiger partial charge in [-0.25, -0.2) is 5.43 Å². The third-order valence-electron chi connectivity index (χ3n) is 2.07. The molecule has 0 saturated heterocycles. The molecule has 1 amide bonds. The predicted molar refractivity (Wildman–Crippen MR) is 62.2 cm³/mol. The molecule has 0 bridgehead atoms. The van der Waals surface area contributed by atoms with Gasteiger partial charge in [-0.2, -0.15) is 5.10 Å². The molecular formula is C10H13N3O5. The van der Waals surface area contributed by atoms with Crippen LogP contribution < -0.4 is 11.2 Å². The number of hydrazone groups is 1. The number of carbonyl (C=O) groups is 1. The number of phenols is 3. The highest BCUT2D eigenvalue weighted by atomic mass is 16.3. The van der Waals surface area contributed by atoms with E-state index in [9.17, 15) is 15.0 Å². The van der Waals surface area contributed by atoms with Crippen molar-refractivity contribution in [3.8, 4) is 17.2 Å². The van der Waals surface area contributed by atoms with E-state index in [1.807, 2.05) is 5.43 Å². The van der Waals surface area contributed by atoms with E-state index in [-0.39, 0.29) is 5.56 Å². The molecule has 0 saturated carbocycles. The lowest BCUT2D eigenvalue weighted by Crippen LogP contribution is -2.40. The highest BCUT2D eigenvalue weighted by Crippen LogP contribution is 2.36. The second-order valence-corrected chi connectivity index (χ2v) is 3.39. The van der Waals surface area contributed by atoms with E-state index in [4.69, 9.17) is 15.9 Å². The minimum atomic E-state index is -1.09. The van der Waals surface area contributed by atoms with Crippen LogP contribution in [0.15, 0.2) is 17.2 Å². The summed E-state index contributed by atoms with van der Waals surface area (Å²) in [5.74, 6) is -2.43. The van der Waals surface area contributed by atoms with Crippen LogP contribution in [-0.2, 0) is 4.79 Å². The van der Waals surface area contributed by atoms with Gasteiger partial charge in [0.2, 0.25) is 5.75 Å². The molecule has 0 heterocycles. The largest absolute Gasteiger partial charge is 0.504 e. The molecule has 1 aromatic carbocycles. The van der Waals surface area contributed by atoms with Crippen molar-refractivity contribution in [3.63, 3.8) is 0 Å². The highest BCUT2D eigenvalue weighted by molar-refractivity contribution is 5.87. The van der Waals surface area contributed by atoms with E-state index in [0.29, 0.717) is 0 Å². The van der Waals surface area contributed by atoms with Gasteiger partial charge in [0.1, 0.15) is 6.04 Å². The Morgan fingerprint density at radius 2 is 2.06 bits per heavy atom. The van der Waals surface area contributed by atoms with E-state index >= 15 is 0 Å². The molecular weight excluding hydrogens is 242 g/mol. The van der Waals surface area contributed by atoms with Crippen molar-refractivity contribution in [2.45, 2.75) is 6.04 Å². The van der Waals surface area contributed by atoms with Crippen LogP contribution >= 0.6 is 0 Å². The molecule has 98 valence electrons. The zero-order valence-electron chi connectivity index (χ0n) is 9.24. The first-order valence-electron chi connectivity index (χ1n) is 4.90. The Labute approximate surface area is 102 Å². The first kappa shape index (κ1) is 13.7. The number of rotatable bonds is 4. The van der Waals surface area contributed by atoms with Crippen molar-refractivity contribution in [2.75, 3.05) is 6.61 Å². The third-order valence-corrected chi connectivity index (χ3v) is 2.07. The summed E-state index contributed by atoms with van der Waals surface area (Å²) in [4.78, 5) is 11.1. The van der Waals surface area contributed by atoms with Crippen LogP contribution in [0.1, 0.15) is 5.56 Å². The van der Waals surface area contributed by atoms with Gasteiger partial charge in [0.25, 0.3) is 5.91 Å². The number of aliphatic hydroxyl groups is 1. The highest BCUT2D eigenvalue weighted by Gasteiger charge is 2.11. The van der Waals surface area contributed by atoms with Gasteiger partial charge in [-0.05, 0) is 12.1 Å². The fraction of sp³-hybridized carbons (Fsp3) is 0.200. The van der Waals surface area contributed by atoms with Crippen LogP contribution in [0.5, 0.6) is 17.2 Å². The molecule has 0 radical (unpaired) electrons. The zero-order chi connectivity index (χ0) is 13.7. The molecule has 1 rings (SSSR count). The standard InChI is InChI=1S/C10H13N3O5/c11-6(4-14)10(18)13-12-3-5-1-2-7(15)9(17)8(5)16/h1-3,6,14-17H,4,11H2,(H,13,18)/b12-3+/t6-/m0/s1. The van der Waals surface area contributed by atoms with E-state index in [0.717, 1.165) is 12.3 Å². The summed E-state index contributed by atoms with van der Waals surface area (Å²) in [7, 11) is 0. The number of benzene rings is 1. The Balaban J connectivity index is 2.74. The van der Waals surface area contributed by atoms with Gasteiger partial charge in [-0.1, -0.05) is 0 Å². The Morgan fingerprint density at radius 1 is 1.39 bits per heavy atom. The van der Waals surface area contributed by atoms with Gasteiger partial charge in [-0.15, -0.1) is 0 Å². The molecule has 18 heavy (non-hydrogen) atoms. The average molecular weight is 255 g/mol. The van der Waals surface area contributed by atoms with Crippen LogP contribution in [0.4, 0.5) is 0 Å². The zero-order valence-corrected chi connectivity index (χ0v) is 9.24. The molecule has 0 aliphatic carbocycles. The van der Waals surface area contributed by atoms with Crippen molar-refractivity contribution in [1.82, 2.24) is 5.43 Å². The maximum atomic E-state index is 11.1. The number of phenolic OH excluding ortho intramolecular Hbond substituents is 3. The van der Waals surface area contributed by atoms with E-state index in [1.54, 1.807) is 0 Å². The van der Waals surface area contributed by atoms with E-state index in [1.165, 1.54) is 6.07 Å². The maximum absolute atomic E-state index is 11.1. The minimum absolute atomic E-state index is 0.0863. The number of aromatic hydroxyl groups is 3. The van der Waals surface area contributed by atoms with E-state index in [2.05, 4.69) is 5.10 Å². The van der Waals surface area contributed by atoms with Crippen molar-refractivity contribution in [2.24, 2.45) is 10.8 Å². The number of hydrogen-bond donors (Lipinski definition) is 6. The quantitative estimate of drug-likeness (QED) is 0.221. The molecule has 0 fully saturated rings. The van der Waals surface area contributed by atoms with Crippen molar-refractivity contribution < 1.29 is 25.2 Å². The number of nitrogens with zero attached hydrogens (tertiary/aromatic N) is 1. The Kier molecular flexibility index (Phi) is 4.46. The first-order valence-corrected chi connectivity index (χ1v) is 4.90. The summed E-state index contributed by atoms with van der Waals surface area (Å²) in [6.07, 6.45) is 1.05. The second-order valence-electron chi connectivity index (χ2n) is 3.39. The minimum Gasteiger partial charge on any atom is -0.504 e. The van der Waals surface area contributed by atoms with Crippen molar-refractivity contribution >= 4 is 12.1 Å². The molecule has 8 heteroatoms. The van der Waals surface area contributed by atoms with Gasteiger partial charge < -0.3 is 26.2 Å². The summed E-state index contributed by atoms with van der Waals surface area (Å²) >= 11 is 0. The van der Waals surface area contributed by atoms with Crippen LogP contribution in [0.25, 0.3) is 0 Å². The second kappa shape index (κ2) is 5.84. The van der Waals surface area contributed by atoms with Crippen molar-refractivity contribution in [3.05, 3.63) is 17.7 Å². The average Bonchev–Trinajstić information content (AvgIpc) is 2.37. The molecule has 7 N–H and O–H groups in total. The number of amides is 1. The van der Waals surface area contributed by atoms with Gasteiger partial charge in [0.15, 0.2) is 11.5 Å². The van der Waals surface area contributed by atoms with Gasteiger partial charge in [0.05, 0.1) is 12.8 Å². The van der Waals surface area contributed by atoms with Gasteiger partial charge in [-0.3, -0.25) is 4.79 Å². The topological polar surface area (TPSA) is 148 Å². The number of carbonyl (C=O) groups excluding carboxylic acids is 1. The molecule has 0 unspecified atom stereocenters. The van der Waals surface area contributed by atoms with Gasteiger partial charge >= 0.3 is 0 Å². The molecule has 0 aromatic heterocycles. The number of aliphatic hydroxyl groups excluding tert-OH is 1. The Morgan fingerprint density at radius 3 is 2.67 bits per heavy atom. The van der Waals surface area contributed by atoms with Gasteiger partial charge in [0, 0.05) is 5.56 Å². The number of nitrogens with two attached hydrogens (primary N) is 1. The SMILES string of the molecule is N[C@@H](CO)C(=O)N/N=C/c1ccc(O)c(O)c1O. The fourth-order valence-electron chi connectivity index (χ4n) is 1.02.